The van der Waals surface area contributed by atoms with Gasteiger partial charge in [-0.05, 0) is 30.5 Å². The monoisotopic (exact) mass is 360 g/mol. The number of nitrogen functional groups attached to an aromatic ring is 1. The van der Waals surface area contributed by atoms with Gasteiger partial charge < -0.3 is 14.9 Å². The Labute approximate surface area is 145 Å². The molecule has 0 bridgehead atoms. The summed E-state index contributed by atoms with van der Waals surface area (Å²) >= 11 is 1.44. The van der Waals surface area contributed by atoms with E-state index in [4.69, 9.17) is 14.9 Å². The Morgan fingerprint density at radius 3 is 2.88 bits per heavy atom. The van der Waals surface area contributed by atoms with Crippen LogP contribution in [0.5, 0.6) is 0 Å². The molecule has 1 atom stereocenters. The first kappa shape index (κ1) is 16.6. The van der Waals surface area contributed by atoms with Crippen LogP contribution in [0.4, 0.5) is 11.4 Å². The summed E-state index contributed by atoms with van der Waals surface area (Å²) in [5.74, 6) is -0.302. The van der Waals surface area contributed by atoms with Gasteiger partial charge in [-0.15, -0.1) is 21.5 Å². The fourth-order valence-electron chi connectivity index (χ4n) is 2.01. The van der Waals surface area contributed by atoms with Crippen molar-refractivity contribution in [3.63, 3.8) is 0 Å². The molecule has 2 N–H and O–H groups in total. The number of nitrogens with zero attached hydrogens (tertiary/aromatic N) is 3. The van der Waals surface area contributed by atoms with Crippen LogP contribution in [0.3, 0.4) is 0 Å². The van der Waals surface area contributed by atoms with Crippen LogP contribution >= 0.6 is 11.3 Å². The van der Waals surface area contributed by atoms with Crippen LogP contribution in [0.25, 0.3) is 10.8 Å². The third-order valence-corrected chi connectivity index (χ3v) is 4.12. The Hall–Kier alpha value is -3.27. The quantitative estimate of drug-likeness (QED) is 0.317. The lowest BCUT2D eigenvalue weighted by Gasteiger charge is -2.09. The summed E-state index contributed by atoms with van der Waals surface area (Å²) in [6.45, 7) is 1.56. The highest BCUT2D eigenvalue weighted by atomic mass is 32.1. The lowest BCUT2D eigenvalue weighted by atomic mass is 10.2. The van der Waals surface area contributed by atoms with E-state index in [2.05, 4.69) is 10.2 Å². The van der Waals surface area contributed by atoms with Crippen molar-refractivity contribution >= 4 is 28.7 Å². The molecular weight excluding hydrogens is 348 g/mol. The van der Waals surface area contributed by atoms with Gasteiger partial charge in [-0.2, -0.15) is 0 Å². The van der Waals surface area contributed by atoms with Crippen LogP contribution in [0.1, 0.15) is 29.3 Å². The Bertz CT molecular complexity index is 922. The van der Waals surface area contributed by atoms with Crippen molar-refractivity contribution in [3.8, 4) is 10.8 Å². The molecule has 0 radical (unpaired) electrons. The van der Waals surface area contributed by atoms with Crippen LogP contribution < -0.4 is 5.73 Å². The molecule has 0 saturated carbocycles. The largest absolute Gasteiger partial charge is 0.449 e. The van der Waals surface area contributed by atoms with Gasteiger partial charge in [0.05, 0.1) is 15.4 Å². The van der Waals surface area contributed by atoms with Gasteiger partial charge in [-0.1, -0.05) is 6.07 Å². The molecule has 0 aliphatic carbocycles. The minimum Gasteiger partial charge on any atom is -0.449 e. The maximum absolute atomic E-state index is 12.2. The summed E-state index contributed by atoms with van der Waals surface area (Å²) < 4.78 is 10.7. The zero-order valence-corrected chi connectivity index (χ0v) is 13.7. The van der Waals surface area contributed by atoms with Gasteiger partial charge in [0.15, 0.2) is 6.10 Å². The number of hydrogen-bond donors (Lipinski definition) is 1. The summed E-state index contributed by atoms with van der Waals surface area (Å²) in [6, 6.07) is 7.37. The molecule has 0 aliphatic heterocycles. The molecule has 2 aromatic heterocycles. The molecule has 0 aliphatic rings. The normalized spacial score (nSPS) is 11.9. The van der Waals surface area contributed by atoms with Gasteiger partial charge in [-0.3, -0.25) is 10.1 Å². The zero-order valence-electron chi connectivity index (χ0n) is 12.9. The molecule has 0 fully saturated rings. The zero-order chi connectivity index (χ0) is 18.0. The SMILES string of the molecule is C[C@H](OC(=O)c1ccc(N)c([N+](=O)[O-])c1)c1nnc(-c2cccs2)o1. The topological polar surface area (TPSA) is 134 Å². The molecule has 9 nitrogen and oxygen atoms in total. The van der Waals surface area contributed by atoms with Crippen molar-refractivity contribution in [1.82, 2.24) is 10.2 Å². The maximum Gasteiger partial charge on any atom is 0.339 e. The number of carbonyl (C=O) groups is 1. The van der Waals surface area contributed by atoms with E-state index in [9.17, 15) is 14.9 Å². The Morgan fingerprint density at radius 2 is 2.20 bits per heavy atom. The first-order valence-corrected chi connectivity index (χ1v) is 7.96. The number of nitro benzene ring substituents is 1. The van der Waals surface area contributed by atoms with E-state index < -0.39 is 17.0 Å². The van der Waals surface area contributed by atoms with Gasteiger partial charge >= 0.3 is 5.97 Å². The molecular formula is C15H12N4O5S. The van der Waals surface area contributed by atoms with E-state index in [0.717, 1.165) is 10.9 Å². The Kier molecular flexibility index (Phi) is 4.44. The maximum atomic E-state index is 12.2. The number of anilines is 1. The van der Waals surface area contributed by atoms with E-state index in [1.54, 1.807) is 6.92 Å². The minimum atomic E-state index is -0.815. The van der Waals surface area contributed by atoms with E-state index in [1.165, 1.54) is 23.5 Å². The highest BCUT2D eigenvalue weighted by Gasteiger charge is 2.22. The molecule has 2 heterocycles. The molecule has 0 amide bonds. The number of ether oxygens (including phenoxy) is 1. The summed E-state index contributed by atoms with van der Waals surface area (Å²) in [7, 11) is 0. The second-order valence-corrected chi connectivity index (χ2v) is 5.95. The van der Waals surface area contributed by atoms with Crippen molar-refractivity contribution in [2.45, 2.75) is 13.0 Å². The van der Waals surface area contributed by atoms with Crippen LogP contribution in [-0.2, 0) is 4.74 Å². The number of aromatic nitrogens is 2. The number of nitrogens with two attached hydrogens (primary N) is 1. The van der Waals surface area contributed by atoms with Crippen molar-refractivity contribution in [2.24, 2.45) is 0 Å². The average Bonchev–Trinajstić information content (AvgIpc) is 3.26. The van der Waals surface area contributed by atoms with Gasteiger partial charge in [0.2, 0.25) is 0 Å². The first-order valence-electron chi connectivity index (χ1n) is 7.08. The van der Waals surface area contributed by atoms with Gasteiger partial charge in [0, 0.05) is 6.07 Å². The summed E-state index contributed by atoms with van der Waals surface area (Å²) in [4.78, 5) is 23.2. The second-order valence-electron chi connectivity index (χ2n) is 5.00. The fraction of sp³-hybridized carbons (Fsp3) is 0.133. The average molecular weight is 360 g/mol. The van der Waals surface area contributed by atoms with Crippen LogP contribution in [0.15, 0.2) is 40.1 Å². The van der Waals surface area contributed by atoms with Crippen LogP contribution in [0.2, 0.25) is 0 Å². The molecule has 1 aromatic carbocycles. The van der Waals surface area contributed by atoms with Crippen LogP contribution in [-0.4, -0.2) is 21.1 Å². The van der Waals surface area contributed by atoms with E-state index >= 15 is 0 Å². The third-order valence-electron chi connectivity index (χ3n) is 3.27. The number of hydrogen-bond acceptors (Lipinski definition) is 9. The van der Waals surface area contributed by atoms with E-state index in [0.29, 0.717) is 5.89 Å². The highest BCUT2D eigenvalue weighted by molar-refractivity contribution is 7.13. The number of rotatable bonds is 5. The van der Waals surface area contributed by atoms with Crippen molar-refractivity contribution in [2.75, 3.05) is 5.73 Å². The number of esters is 1. The lowest BCUT2D eigenvalue weighted by Crippen LogP contribution is -2.10. The third kappa shape index (κ3) is 3.48. The Morgan fingerprint density at radius 1 is 1.40 bits per heavy atom. The molecule has 0 saturated heterocycles. The standard InChI is InChI=1S/C15H12N4O5S/c1-8(13-17-18-14(24-13)12-3-2-6-25-12)23-15(20)9-4-5-10(16)11(7-9)19(21)22/h2-8H,16H2,1H3/t8-/m0/s1. The summed E-state index contributed by atoms with van der Waals surface area (Å²) in [5, 5.41) is 20.5. The van der Waals surface area contributed by atoms with E-state index in [-0.39, 0.29) is 22.8 Å². The van der Waals surface area contributed by atoms with Crippen molar-refractivity contribution in [3.05, 3.63) is 57.3 Å². The summed E-state index contributed by atoms with van der Waals surface area (Å²) in [6.07, 6.45) is -0.815. The smallest absolute Gasteiger partial charge is 0.339 e. The predicted molar refractivity (Wildman–Crippen MR) is 89.0 cm³/mol. The lowest BCUT2D eigenvalue weighted by molar-refractivity contribution is -0.383. The molecule has 128 valence electrons. The van der Waals surface area contributed by atoms with Gasteiger partial charge in [0.1, 0.15) is 5.69 Å². The van der Waals surface area contributed by atoms with E-state index in [1.807, 2.05) is 17.5 Å². The first-order chi connectivity index (χ1) is 12.0. The molecule has 25 heavy (non-hydrogen) atoms. The molecule has 0 unspecified atom stereocenters. The van der Waals surface area contributed by atoms with Crippen molar-refractivity contribution < 1.29 is 18.9 Å². The molecule has 3 aromatic rings. The number of nitro groups is 1. The second kappa shape index (κ2) is 6.69. The fourth-order valence-corrected chi connectivity index (χ4v) is 2.65. The van der Waals surface area contributed by atoms with Crippen LogP contribution in [0, 0.1) is 10.1 Å². The number of carbonyl (C=O) groups excluding carboxylic acids is 1. The molecule has 0 spiro atoms. The highest BCUT2D eigenvalue weighted by Crippen LogP contribution is 2.27. The van der Waals surface area contributed by atoms with Crippen molar-refractivity contribution in [1.29, 1.82) is 0 Å². The van der Waals surface area contributed by atoms with Gasteiger partial charge in [-0.25, -0.2) is 4.79 Å². The van der Waals surface area contributed by atoms with Gasteiger partial charge in [0.25, 0.3) is 17.5 Å². The number of thiophene rings is 1. The predicted octanol–water partition coefficient (Wildman–Crippen LogP) is 3.21. The minimum absolute atomic E-state index is 0.00532. The summed E-state index contributed by atoms with van der Waals surface area (Å²) in [5.41, 5.74) is 5.11. The number of benzene rings is 1. The molecule has 3 rings (SSSR count). The molecule has 10 heteroatoms. The Balaban J connectivity index is 1.75.